The topological polar surface area (TPSA) is 60.0 Å². The molecule has 1 aromatic heterocycles. The van der Waals surface area contributed by atoms with Gasteiger partial charge in [0.25, 0.3) is 0 Å². The number of aromatic nitrogens is 3. The molecule has 5 nitrogen and oxygen atoms in total. The van der Waals surface area contributed by atoms with E-state index in [1.807, 2.05) is 20.8 Å². The minimum Gasteiger partial charge on any atom is -0.391 e. The van der Waals surface area contributed by atoms with Crippen molar-refractivity contribution < 1.29 is 5.11 Å². The van der Waals surface area contributed by atoms with Gasteiger partial charge in [0, 0.05) is 7.05 Å². The Kier molecular flexibility index (Phi) is 5.93. The van der Waals surface area contributed by atoms with Crippen molar-refractivity contribution >= 4 is 0 Å². The van der Waals surface area contributed by atoms with E-state index in [4.69, 9.17) is 0 Å². The molecule has 0 amide bonds. The summed E-state index contributed by atoms with van der Waals surface area (Å²) in [5, 5.41) is 13.3. The summed E-state index contributed by atoms with van der Waals surface area (Å²) in [7, 11) is 1.64. The first kappa shape index (κ1) is 13.9. The summed E-state index contributed by atoms with van der Waals surface area (Å²) in [6.07, 6.45) is 1.58. The van der Waals surface area contributed by atoms with Gasteiger partial charge < -0.3 is 5.11 Å². The summed E-state index contributed by atoms with van der Waals surface area (Å²) in [5.41, 5.74) is -0.187. The zero-order valence-electron chi connectivity index (χ0n) is 10.1. The Hall–Kier alpha value is -1.10. The van der Waals surface area contributed by atoms with Gasteiger partial charge in [0.1, 0.15) is 6.33 Å². The third-order valence-corrected chi connectivity index (χ3v) is 2.14. The van der Waals surface area contributed by atoms with Crippen LogP contribution in [0.15, 0.2) is 11.1 Å². The monoisotopic (exact) mass is 215 g/mol. The first-order valence-corrected chi connectivity index (χ1v) is 5.36. The van der Waals surface area contributed by atoms with E-state index in [-0.39, 0.29) is 11.7 Å². The summed E-state index contributed by atoms with van der Waals surface area (Å²) >= 11 is 0. The van der Waals surface area contributed by atoms with Gasteiger partial charge in [-0.2, -0.15) is 5.10 Å². The SMILES string of the molecule is CC.CCC(C(C)O)n1ncn(C)c1=O. The smallest absolute Gasteiger partial charge is 0.345 e. The molecule has 0 fully saturated rings. The highest BCUT2D eigenvalue weighted by molar-refractivity contribution is 4.75. The Morgan fingerprint density at radius 2 is 2.07 bits per heavy atom. The lowest BCUT2D eigenvalue weighted by molar-refractivity contribution is 0.118. The fourth-order valence-electron chi connectivity index (χ4n) is 1.34. The van der Waals surface area contributed by atoms with E-state index in [0.29, 0.717) is 6.42 Å². The van der Waals surface area contributed by atoms with Crippen LogP contribution in [-0.4, -0.2) is 25.6 Å². The highest BCUT2D eigenvalue weighted by atomic mass is 16.3. The minimum atomic E-state index is -0.558. The van der Waals surface area contributed by atoms with Crippen molar-refractivity contribution in [2.45, 2.75) is 46.3 Å². The molecule has 2 unspecified atom stereocenters. The fourth-order valence-corrected chi connectivity index (χ4v) is 1.34. The molecular formula is C10H21N3O2. The molecular weight excluding hydrogens is 194 g/mol. The molecule has 0 spiro atoms. The molecule has 0 radical (unpaired) electrons. The number of hydrogen-bond donors (Lipinski definition) is 1. The van der Waals surface area contributed by atoms with E-state index in [1.54, 1.807) is 14.0 Å². The van der Waals surface area contributed by atoms with Crippen LogP contribution in [0.4, 0.5) is 0 Å². The van der Waals surface area contributed by atoms with Crippen molar-refractivity contribution in [3.05, 3.63) is 16.8 Å². The van der Waals surface area contributed by atoms with Gasteiger partial charge in [0.15, 0.2) is 0 Å². The summed E-state index contributed by atoms with van der Waals surface area (Å²) in [6, 6.07) is -0.228. The first-order chi connectivity index (χ1) is 7.07. The third kappa shape index (κ3) is 3.20. The maximum absolute atomic E-state index is 11.4. The number of rotatable bonds is 3. The highest BCUT2D eigenvalue weighted by Gasteiger charge is 2.18. The van der Waals surface area contributed by atoms with Crippen molar-refractivity contribution in [2.75, 3.05) is 0 Å². The van der Waals surface area contributed by atoms with Crippen molar-refractivity contribution in [2.24, 2.45) is 7.05 Å². The quantitative estimate of drug-likeness (QED) is 0.816. The molecule has 0 aliphatic heterocycles. The summed E-state index contributed by atoms with van der Waals surface area (Å²) in [5.74, 6) is 0. The van der Waals surface area contributed by atoms with Crippen LogP contribution in [0.25, 0.3) is 0 Å². The molecule has 1 heterocycles. The van der Waals surface area contributed by atoms with Gasteiger partial charge in [-0.15, -0.1) is 0 Å². The third-order valence-electron chi connectivity index (χ3n) is 2.14. The summed E-state index contributed by atoms with van der Waals surface area (Å²) in [4.78, 5) is 11.4. The van der Waals surface area contributed by atoms with E-state index in [9.17, 15) is 9.90 Å². The van der Waals surface area contributed by atoms with Gasteiger partial charge in [0.2, 0.25) is 0 Å². The molecule has 5 heteroatoms. The lowest BCUT2D eigenvalue weighted by Crippen LogP contribution is -2.32. The van der Waals surface area contributed by atoms with Gasteiger partial charge in [0.05, 0.1) is 12.1 Å². The van der Waals surface area contributed by atoms with E-state index >= 15 is 0 Å². The second-order valence-corrected chi connectivity index (χ2v) is 3.19. The van der Waals surface area contributed by atoms with Crippen molar-refractivity contribution in [1.29, 1.82) is 0 Å². The second-order valence-electron chi connectivity index (χ2n) is 3.19. The second kappa shape index (κ2) is 6.40. The Balaban J connectivity index is 0.000000921. The molecule has 2 atom stereocenters. The molecule has 1 rings (SSSR count). The predicted molar refractivity (Wildman–Crippen MR) is 59.8 cm³/mol. The van der Waals surface area contributed by atoms with Gasteiger partial charge >= 0.3 is 5.69 Å². The molecule has 0 aromatic carbocycles. The zero-order chi connectivity index (χ0) is 12.0. The molecule has 1 aromatic rings. The number of hydrogen-bond acceptors (Lipinski definition) is 3. The van der Waals surface area contributed by atoms with Crippen LogP contribution in [0.1, 0.15) is 40.2 Å². The molecule has 1 N–H and O–H groups in total. The Morgan fingerprint density at radius 3 is 2.33 bits per heavy atom. The number of aliphatic hydroxyl groups excluding tert-OH is 1. The van der Waals surface area contributed by atoms with Crippen LogP contribution >= 0.6 is 0 Å². The van der Waals surface area contributed by atoms with Crippen LogP contribution in [0.5, 0.6) is 0 Å². The van der Waals surface area contributed by atoms with E-state index < -0.39 is 6.10 Å². The summed E-state index contributed by atoms with van der Waals surface area (Å²) in [6.45, 7) is 7.58. The molecule has 0 bridgehead atoms. The lowest BCUT2D eigenvalue weighted by Gasteiger charge is -2.16. The largest absolute Gasteiger partial charge is 0.391 e. The van der Waals surface area contributed by atoms with Crippen LogP contribution in [0, 0.1) is 0 Å². The van der Waals surface area contributed by atoms with Gasteiger partial charge in [-0.05, 0) is 13.3 Å². The van der Waals surface area contributed by atoms with Crippen LogP contribution < -0.4 is 5.69 Å². The maximum atomic E-state index is 11.4. The predicted octanol–water partition coefficient (Wildman–Crippen LogP) is 0.940. The van der Waals surface area contributed by atoms with Crippen LogP contribution in [0.3, 0.4) is 0 Å². The van der Waals surface area contributed by atoms with E-state index in [0.717, 1.165) is 0 Å². The molecule has 0 aliphatic carbocycles. The van der Waals surface area contributed by atoms with E-state index in [2.05, 4.69) is 5.10 Å². The Labute approximate surface area is 90.3 Å². The first-order valence-electron chi connectivity index (χ1n) is 5.36. The highest BCUT2D eigenvalue weighted by Crippen LogP contribution is 2.11. The van der Waals surface area contributed by atoms with Gasteiger partial charge in [-0.25, -0.2) is 9.48 Å². The number of aliphatic hydroxyl groups is 1. The molecule has 0 saturated carbocycles. The minimum absolute atomic E-state index is 0.187. The van der Waals surface area contributed by atoms with Crippen molar-refractivity contribution in [3.8, 4) is 0 Å². The molecule has 0 aliphatic rings. The van der Waals surface area contributed by atoms with Crippen LogP contribution in [0.2, 0.25) is 0 Å². The fraction of sp³-hybridized carbons (Fsp3) is 0.800. The zero-order valence-corrected chi connectivity index (χ0v) is 10.1. The maximum Gasteiger partial charge on any atom is 0.345 e. The standard InChI is InChI=1S/C8H15N3O2.C2H6/c1-4-7(6(2)12)11-8(13)10(3)5-9-11;1-2/h5-7,12H,4H2,1-3H3;1-2H3. The van der Waals surface area contributed by atoms with E-state index in [1.165, 1.54) is 15.6 Å². The molecule has 0 saturated heterocycles. The average Bonchev–Trinajstić information content (AvgIpc) is 2.54. The number of nitrogens with zero attached hydrogens (tertiary/aromatic N) is 3. The van der Waals surface area contributed by atoms with Gasteiger partial charge in [-0.3, -0.25) is 4.57 Å². The normalized spacial score (nSPS) is 14.0. The molecule has 15 heavy (non-hydrogen) atoms. The average molecular weight is 215 g/mol. The Bertz CT molecular complexity index is 328. The van der Waals surface area contributed by atoms with Crippen molar-refractivity contribution in [1.82, 2.24) is 14.3 Å². The summed E-state index contributed by atoms with van der Waals surface area (Å²) < 4.78 is 2.72. The lowest BCUT2D eigenvalue weighted by atomic mass is 10.1. The molecule has 88 valence electrons. The number of aryl methyl sites for hydroxylation is 1. The van der Waals surface area contributed by atoms with Crippen molar-refractivity contribution in [3.63, 3.8) is 0 Å². The Morgan fingerprint density at radius 1 is 1.53 bits per heavy atom. The van der Waals surface area contributed by atoms with Gasteiger partial charge in [-0.1, -0.05) is 20.8 Å². The van der Waals surface area contributed by atoms with Crippen LogP contribution in [-0.2, 0) is 7.05 Å².